The lowest BCUT2D eigenvalue weighted by Gasteiger charge is -2.19. The van der Waals surface area contributed by atoms with E-state index in [9.17, 15) is 4.79 Å². The van der Waals surface area contributed by atoms with Gasteiger partial charge in [-0.2, -0.15) is 5.26 Å². The predicted molar refractivity (Wildman–Crippen MR) is 69.4 cm³/mol. The molecule has 1 atom stereocenters. The van der Waals surface area contributed by atoms with Gasteiger partial charge in [0, 0.05) is 13.1 Å². The maximum atomic E-state index is 11.6. The molecule has 1 N–H and O–H groups in total. The van der Waals surface area contributed by atoms with E-state index >= 15 is 0 Å². The van der Waals surface area contributed by atoms with Crippen LogP contribution >= 0.6 is 0 Å². The third-order valence-electron chi connectivity index (χ3n) is 2.76. The Bertz CT molecular complexity index is 248. The summed E-state index contributed by atoms with van der Waals surface area (Å²) in [6.45, 7) is 9.80. The minimum absolute atomic E-state index is 0.123. The highest BCUT2D eigenvalue weighted by atomic mass is 16.1. The molecule has 0 radical (unpaired) electrons. The summed E-state index contributed by atoms with van der Waals surface area (Å²) in [4.78, 5) is 13.9. The molecule has 1 unspecified atom stereocenters. The van der Waals surface area contributed by atoms with Crippen LogP contribution in [0.2, 0.25) is 0 Å². The number of carbonyl (C=O) groups excluding carboxylic acids is 1. The zero-order valence-corrected chi connectivity index (χ0v) is 11.3. The molecule has 0 aromatic heterocycles. The normalized spacial score (nSPS) is 12.2. The van der Waals surface area contributed by atoms with Gasteiger partial charge in [-0.15, -0.1) is 0 Å². The van der Waals surface area contributed by atoms with E-state index in [1.54, 1.807) is 0 Å². The molecule has 98 valence electrons. The third-order valence-corrected chi connectivity index (χ3v) is 2.76. The van der Waals surface area contributed by atoms with Crippen molar-refractivity contribution in [2.24, 2.45) is 5.92 Å². The van der Waals surface area contributed by atoms with Crippen molar-refractivity contribution in [2.75, 3.05) is 26.2 Å². The van der Waals surface area contributed by atoms with Crippen LogP contribution in [-0.4, -0.2) is 37.0 Å². The molecule has 0 aromatic carbocycles. The summed E-state index contributed by atoms with van der Waals surface area (Å²) < 4.78 is 0. The summed E-state index contributed by atoms with van der Waals surface area (Å²) in [6.07, 6.45) is 2.63. The van der Waals surface area contributed by atoms with Gasteiger partial charge in [0.1, 0.15) is 5.92 Å². The first-order chi connectivity index (χ1) is 8.19. The first kappa shape index (κ1) is 15.9. The van der Waals surface area contributed by atoms with Gasteiger partial charge in [-0.05, 0) is 25.9 Å². The summed E-state index contributed by atoms with van der Waals surface area (Å²) >= 11 is 0. The average Bonchev–Trinajstić information content (AvgIpc) is 2.34. The lowest BCUT2D eigenvalue weighted by molar-refractivity contribution is -0.123. The van der Waals surface area contributed by atoms with E-state index in [0.29, 0.717) is 13.0 Å². The second-order valence-corrected chi connectivity index (χ2v) is 4.20. The van der Waals surface area contributed by atoms with Crippen molar-refractivity contribution in [1.29, 1.82) is 5.26 Å². The SMILES string of the molecule is CCCC(C#N)C(=O)NCCN(CC)CCC. The molecule has 0 aliphatic carbocycles. The number of amides is 1. The van der Waals surface area contributed by atoms with Crippen LogP contribution in [0.3, 0.4) is 0 Å². The van der Waals surface area contributed by atoms with Crippen molar-refractivity contribution in [3.63, 3.8) is 0 Å². The van der Waals surface area contributed by atoms with Crippen LogP contribution in [-0.2, 0) is 4.79 Å². The Hall–Kier alpha value is -1.08. The van der Waals surface area contributed by atoms with Gasteiger partial charge >= 0.3 is 0 Å². The van der Waals surface area contributed by atoms with Crippen LogP contribution in [0, 0.1) is 17.2 Å². The van der Waals surface area contributed by atoms with E-state index in [0.717, 1.165) is 32.5 Å². The number of hydrogen-bond acceptors (Lipinski definition) is 3. The van der Waals surface area contributed by atoms with Gasteiger partial charge in [0.15, 0.2) is 0 Å². The van der Waals surface area contributed by atoms with E-state index in [4.69, 9.17) is 5.26 Å². The first-order valence-corrected chi connectivity index (χ1v) is 6.59. The van der Waals surface area contributed by atoms with Gasteiger partial charge in [-0.3, -0.25) is 4.79 Å². The van der Waals surface area contributed by atoms with Crippen LogP contribution in [0.4, 0.5) is 0 Å². The van der Waals surface area contributed by atoms with Gasteiger partial charge < -0.3 is 10.2 Å². The second kappa shape index (κ2) is 10.1. The van der Waals surface area contributed by atoms with Gasteiger partial charge in [0.05, 0.1) is 6.07 Å². The standard InChI is InChI=1S/C13H25N3O/c1-4-7-12(11-14)13(17)15-8-10-16(6-3)9-5-2/h12H,4-10H2,1-3H3,(H,15,17). The molecular weight excluding hydrogens is 214 g/mol. The number of nitriles is 1. The van der Waals surface area contributed by atoms with Crippen molar-refractivity contribution in [2.45, 2.75) is 40.0 Å². The average molecular weight is 239 g/mol. The molecule has 0 aliphatic heterocycles. The smallest absolute Gasteiger partial charge is 0.237 e. The molecule has 0 aliphatic rings. The number of hydrogen-bond donors (Lipinski definition) is 1. The molecule has 17 heavy (non-hydrogen) atoms. The van der Waals surface area contributed by atoms with Crippen molar-refractivity contribution < 1.29 is 4.79 Å². The van der Waals surface area contributed by atoms with E-state index in [1.807, 2.05) is 6.92 Å². The maximum Gasteiger partial charge on any atom is 0.237 e. The lowest BCUT2D eigenvalue weighted by Crippen LogP contribution is -2.37. The Balaban J connectivity index is 3.86. The van der Waals surface area contributed by atoms with Crippen LogP contribution < -0.4 is 5.32 Å². The quantitative estimate of drug-likeness (QED) is 0.667. The highest BCUT2D eigenvalue weighted by Crippen LogP contribution is 2.04. The Morgan fingerprint density at radius 1 is 1.29 bits per heavy atom. The Morgan fingerprint density at radius 2 is 2.00 bits per heavy atom. The Kier molecular flexibility index (Phi) is 9.46. The molecule has 0 rings (SSSR count). The number of nitrogens with one attached hydrogen (secondary N) is 1. The fourth-order valence-corrected chi connectivity index (χ4v) is 1.75. The molecular formula is C13H25N3O. The van der Waals surface area contributed by atoms with Crippen molar-refractivity contribution in [1.82, 2.24) is 10.2 Å². The van der Waals surface area contributed by atoms with Gasteiger partial charge in [0.25, 0.3) is 0 Å². The summed E-state index contributed by atoms with van der Waals surface area (Å²) in [5.74, 6) is -0.608. The highest BCUT2D eigenvalue weighted by Gasteiger charge is 2.15. The maximum absolute atomic E-state index is 11.6. The monoisotopic (exact) mass is 239 g/mol. The summed E-state index contributed by atoms with van der Waals surface area (Å²) in [5, 5.41) is 11.7. The lowest BCUT2D eigenvalue weighted by atomic mass is 10.1. The number of carbonyl (C=O) groups is 1. The minimum atomic E-state index is -0.485. The molecule has 0 fully saturated rings. The van der Waals surface area contributed by atoms with E-state index in [1.165, 1.54) is 0 Å². The molecule has 1 amide bonds. The van der Waals surface area contributed by atoms with Crippen LogP contribution in [0.1, 0.15) is 40.0 Å². The summed E-state index contributed by atoms with van der Waals surface area (Å²) in [6, 6.07) is 2.05. The van der Waals surface area contributed by atoms with Gasteiger partial charge in [-0.25, -0.2) is 0 Å². The molecule has 0 aromatic rings. The Morgan fingerprint density at radius 3 is 2.47 bits per heavy atom. The molecule has 0 saturated carbocycles. The number of rotatable bonds is 9. The van der Waals surface area contributed by atoms with Crippen molar-refractivity contribution in [3.05, 3.63) is 0 Å². The number of likely N-dealkylation sites (N-methyl/N-ethyl adjacent to an activating group) is 1. The fraction of sp³-hybridized carbons (Fsp3) is 0.846. The second-order valence-electron chi connectivity index (χ2n) is 4.20. The zero-order chi connectivity index (χ0) is 13.1. The van der Waals surface area contributed by atoms with Crippen molar-refractivity contribution >= 4 is 5.91 Å². The van der Waals surface area contributed by atoms with Gasteiger partial charge in [-0.1, -0.05) is 27.2 Å². The van der Waals surface area contributed by atoms with E-state index in [2.05, 4.69) is 30.1 Å². The molecule has 0 spiro atoms. The third kappa shape index (κ3) is 6.96. The first-order valence-electron chi connectivity index (χ1n) is 6.59. The summed E-state index contributed by atoms with van der Waals surface area (Å²) in [7, 11) is 0. The molecule has 0 saturated heterocycles. The fourth-order valence-electron chi connectivity index (χ4n) is 1.75. The van der Waals surface area contributed by atoms with E-state index in [-0.39, 0.29) is 5.91 Å². The highest BCUT2D eigenvalue weighted by molar-refractivity contribution is 5.80. The molecule has 4 heteroatoms. The number of nitrogens with zero attached hydrogens (tertiary/aromatic N) is 2. The minimum Gasteiger partial charge on any atom is -0.354 e. The summed E-state index contributed by atoms with van der Waals surface area (Å²) in [5.41, 5.74) is 0. The largest absolute Gasteiger partial charge is 0.354 e. The van der Waals surface area contributed by atoms with Crippen LogP contribution in [0.25, 0.3) is 0 Å². The molecule has 0 heterocycles. The Labute approximate surface area is 105 Å². The van der Waals surface area contributed by atoms with Crippen molar-refractivity contribution in [3.8, 4) is 6.07 Å². The topological polar surface area (TPSA) is 56.1 Å². The molecule has 4 nitrogen and oxygen atoms in total. The van der Waals surface area contributed by atoms with Crippen LogP contribution in [0.5, 0.6) is 0 Å². The predicted octanol–water partition coefficient (Wildman–Crippen LogP) is 1.77. The van der Waals surface area contributed by atoms with E-state index < -0.39 is 5.92 Å². The van der Waals surface area contributed by atoms with Gasteiger partial charge in [0.2, 0.25) is 5.91 Å². The van der Waals surface area contributed by atoms with Crippen LogP contribution in [0.15, 0.2) is 0 Å². The molecule has 0 bridgehead atoms. The zero-order valence-electron chi connectivity index (χ0n) is 11.3.